The Kier molecular flexibility index (Phi) is 7.17. The molecule has 0 rings (SSSR count). The summed E-state index contributed by atoms with van der Waals surface area (Å²) < 4.78 is 4.81. The van der Waals surface area contributed by atoms with E-state index in [4.69, 9.17) is 14.9 Å². The average molecular weight is 192 g/mol. The monoisotopic (exact) mass is 192 g/mol. The quantitative estimate of drug-likeness (QED) is 0.492. The first-order valence-electron chi connectivity index (χ1n) is 3.72. The van der Waals surface area contributed by atoms with Gasteiger partial charge in [-0.2, -0.15) is 9.81 Å². The Balaban J connectivity index is 3.52. The van der Waals surface area contributed by atoms with Gasteiger partial charge in [0.2, 0.25) is 0 Å². The summed E-state index contributed by atoms with van der Waals surface area (Å²) in [6.45, 7) is -0.957. The van der Waals surface area contributed by atoms with Gasteiger partial charge < -0.3 is 14.9 Å². The second kappa shape index (κ2) is 7.71. The van der Waals surface area contributed by atoms with Crippen LogP contribution < -0.4 is 0 Å². The zero-order valence-electron chi connectivity index (χ0n) is 7.00. The molecule has 0 saturated heterocycles. The summed E-state index contributed by atoms with van der Waals surface area (Å²) in [6, 6.07) is -1.66. The van der Waals surface area contributed by atoms with Gasteiger partial charge in [-0.15, -0.1) is 0 Å². The Labute approximate surface area is 74.7 Å². The zero-order chi connectivity index (χ0) is 10.1. The number of hydrogen-bond donors (Lipinski definition) is 2. The number of aliphatic hydroxyl groups excluding tert-OH is 2. The predicted molar refractivity (Wildman–Crippen MR) is 44.2 cm³/mol. The molecule has 0 aliphatic carbocycles. The van der Waals surface area contributed by atoms with Crippen LogP contribution in [-0.2, 0) is 4.74 Å². The molecule has 0 aliphatic heterocycles. The van der Waals surface area contributed by atoms with Crippen LogP contribution in [0.5, 0.6) is 0 Å². The Morgan fingerprint density at radius 1 is 1.00 bits per heavy atom. The molecule has 7 heteroatoms. The third-order valence-corrected chi connectivity index (χ3v) is 1.34. The Morgan fingerprint density at radius 3 is 1.62 bits per heavy atom. The molecule has 2 atom stereocenters. The van der Waals surface area contributed by atoms with Crippen LogP contribution in [0.15, 0.2) is 10.4 Å². The molecule has 0 amide bonds. The van der Waals surface area contributed by atoms with Crippen molar-refractivity contribution in [2.45, 2.75) is 12.1 Å². The van der Waals surface area contributed by atoms with E-state index in [1.165, 1.54) is 0 Å². The molecule has 0 aliphatic rings. The van der Waals surface area contributed by atoms with Crippen molar-refractivity contribution < 1.29 is 14.9 Å². The van der Waals surface area contributed by atoms with E-state index in [-0.39, 0.29) is 13.2 Å². The maximum absolute atomic E-state index is 9.93. The lowest BCUT2D eigenvalue weighted by molar-refractivity contribution is 0.0785. The first kappa shape index (κ1) is 12.1. The summed E-state index contributed by atoms with van der Waals surface area (Å²) in [5, 5.41) is 22.1. The smallest absolute Gasteiger partial charge is 0.138 e. The SMILES string of the molecule is O=NC(CO)COCC(CO)N=O. The molecule has 13 heavy (non-hydrogen) atoms. The van der Waals surface area contributed by atoms with Crippen LogP contribution in [0.4, 0.5) is 0 Å². The number of nitrogens with zero attached hydrogens (tertiary/aromatic N) is 2. The van der Waals surface area contributed by atoms with Crippen LogP contribution in [0.25, 0.3) is 0 Å². The maximum Gasteiger partial charge on any atom is 0.138 e. The molecular weight excluding hydrogens is 180 g/mol. The minimum atomic E-state index is -0.828. The molecule has 0 radical (unpaired) electrons. The molecule has 2 N–H and O–H groups in total. The van der Waals surface area contributed by atoms with Crippen molar-refractivity contribution >= 4 is 0 Å². The molecule has 0 fully saturated rings. The second-order valence-corrected chi connectivity index (χ2v) is 2.42. The Bertz CT molecular complexity index is 138. The van der Waals surface area contributed by atoms with Crippen LogP contribution in [0.1, 0.15) is 0 Å². The van der Waals surface area contributed by atoms with Crippen LogP contribution in [0.3, 0.4) is 0 Å². The fourth-order valence-corrected chi connectivity index (χ4v) is 0.573. The minimum Gasteiger partial charge on any atom is -0.394 e. The molecule has 0 aromatic rings. The molecular formula is C6H12N2O5. The van der Waals surface area contributed by atoms with Gasteiger partial charge in [0.1, 0.15) is 12.1 Å². The standard InChI is InChI=1S/C6H12N2O5/c9-1-5(7-11)3-13-4-6(2-10)8-12/h5-6,9-10H,1-4H2. The summed E-state index contributed by atoms with van der Waals surface area (Å²) in [5.74, 6) is 0. The third kappa shape index (κ3) is 5.34. The van der Waals surface area contributed by atoms with Gasteiger partial charge in [0.15, 0.2) is 0 Å². The lowest BCUT2D eigenvalue weighted by Crippen LogP contribution is -2.23. The van der Waals surface area contributed by atoms with Gasteiger partial charge in [0.25, 0.3) is 0 Å². The molecule has 0 aromatic carbocycles. The van der Waals surface area contributed by atoms with Gasteiger partial charge in [0.05, 0.1) is 26.4 Å². The van der Waals surface area contributed by atoms with Gasteiger partial charge in [-0.05, 0) is 0 Å². The van der Waals surface area contributed by atoms with Crippen molar-refractivity contribution in [1.82, 2.24) is 0 Å². The molecule has 0 bridgehead atoms. The topological polar surface area (TPSA) is 109 Å². The molecule has 2 unspecified atom stereocenters. The van der Waals surface area contributed by atoms with Gasteiger partial charge in [-0.3, -0.25) is 0 Å². The van der Waals surface area contributed by atoms with Gasteiger partial charge in [-0.1, -0.05) is 10.4 Å². The summed E-state index contributed by atoms with van der Waals surface area (Å²) in [5.41, 5.74) is 0. The number of ether oxygens (including phenoxy) is 1. The minimum absolute atomic E-state index is 0.0774. The van der Waals surface area contributed by atoms with E-state index in [9.17, 15) is 9.81 Å². The fourth-order valence-electron chi connectivity index (χ4n) is 0.573. The molecule has 76 valence electrons. The Morgan fingerprint density at radius 2 is 1.38 bits per heavy atom. The van der Waals surface area contributed by atoms with E-state index in [2.05, 4.69) is 10.4 Å². The molecule has 0 heterocycles. The normalized spacial score (nSPS) is 14.9. The average Bonchev–Trinajstić information content (AvgIpc) is 2.19. The zero-order valence-corrected chi connectivity index (χ0v) is 7.00. The van der Waals surface area contributed by atoms with Crippen molar-refractivity contribution in [2.75, 3.05) is 26.4 Å². The predicted octanol–water partition coefficient (Wildman–Crippen LogP) is -0.742. The summed E-state index contributed by atoms with van der Waals surface area (Å²) >= 11 is 0. The van der Waals surface area contributed by atoms with Crippen molar-refractivity contribution in [3.05, 3.63) is 9.81 Å². The van der Waals surface area contributed by atoms with Crippen LogP contribution in [-0.4, -0.2) is 48.7 Å². The van der Waals surface area contributed by atoms with Crippen molar-refractivity contribution in [3.8, 4) is 0 Å². The summed E-state index contributed by atoms with van der Waals surface area (Å²) in [7, 11) is 0. The third-order valence-electron chi connectivity index (χ3n) is 1.34. The van der Waals surface area contributed by atoms with Crippen molar-refractivity contribution in [1.29, 1.82) is 0 Å². The van der Waals surface area contributed by atoms with Crippen LogP contribution in [0.2, 0.25) is 0 Å². The summed E-state index contributed by atoms with van der Waals surface area (Å²) in [4.78, 5) is 19.9. The molecule has 7 nitrogen and oxygen atoms in total. The van der Waals surface area contributed by atoms with E-state index in [1.54, 1.807) is 0 Å². The molecule has 0 spiro atoms. The lowest BCUT2D eigenvalue weighted by atomic mass is 10.3. The number of hydrogen-bond acceptors (Lipinski definition) is 7. The van der Waals surface area contributed by atoms with Crippen LogP contribution >= 0.6 is 0 Å². The number of aliphatic hydroxyl groups is 2. The fraction of sp³-hybridized carbons (Fsp3) is 1.00. The largest absolute Gasteiger partial charge is 0.394 e. The highest BCUT2D eigenvalue weighted by Gasteiger charge is 2.10. The van der Waals surface area contributed by atoms with E-state index in [0.717, 1.165) is 0 Å². The van der Waals surface area contributed by atoms with Gasteiger partial charge >= 0.3 is 0 Å². The van der Waals surface area contributed by atoms with Crippen LogP contribution in [0, 0.1) is 9.81 Å². The molecule has 0 saturated carbocycles. The maximum atomic E-state index is 9.93. The van der Waals surface area contributed by atoms with Crippen molar-refractivity contribution in [2.24, 2.45) is 10.4 Å². The van der Waals surface area contributed by atoms with Crippen molar-refractivity contribution in [3.63, 3.8) is 0 Å². The Hall–Kier alpha value is -0.920. The highest BCUT2D eigenvalue weighted by Crippen LogP contribution is 1.94. The molecule has 0 aromatic heterocycles. The van der Waals surface area contributed by atoms with E-state index < -0.39 is 25.3 Å². The van der Waals surface area contributed by atoms with E-state index in [0.29, 0.717) is 0 Å². The highest BCUT2D eigenvalue weighted by atomic mass is 16.5. The first-order valence-corrected chi connectivity index (χ1v) is 3.72. The van der Waals surface area contributed by atoms with Gasteiger partial charge in [0, 0.05) is 0 Å². The summed E-state index contributed by atoms with van der Waals surface area (Å²) in [6.07, 6.45) is 0. The first-order chi connectivity index (χ1) is 6.28. The van der Waals surface area contributed by atoms with E-state index in [1.807, 2.05) is 0 Å². The number of rotatable bonds is 8. The number of nitroso groups, excluding NO2 is 2. The second-order valence-electron chi connectivity index (χ2n) is 2.42. The van der Waals surface area contributed by atoms with E-state index >= 15 is 0 Å². The lowest BCUT2D eigenvalue weighted by Gasteiger charge is -2.08. The highest BCUT2D eigenvalue weighted by molar-refractivity contribution is 4.65. The van der Waals surface area contributed by atoms with Gasteiger partial charge in [-0.25, -0.2) is 0 Å².